The van der Waals surface area contributed by atoms with Crippen LogP contribution in [-0.4, -0.2) is 71.7 Å². The summed E-state index contributed by atoms with van der Waals surface area (Å²) in [6.07, 6.45) is 34.9. The van der Waals surface area contributed by atoms with E-state index in [9.17, 15) is 20.1 Å². The summed E-state index contributed by atoms with van der Waals surface area (Å²) >= 11 is 3.55. The first-order chi connectivity index (χ1) is 34.3. The number of hydrogen-bond donors (Lipinski definition) is 3. The van der Waals surface area contributed by atoms with Gasteiger partial charge in [0, 0.05) is 25.5 Å². The molecule has 10 fully saturated rings. The third-order valence-corrected chi connectivity index (χ3v) is 27.3. The van der Waals surface area contributed by atoms with E-state index in [0.717, 1.165) is 85.9 Å². The number of carbonyl (C=O) groups is 1. The summed E-state index contributed by atoms with van der Waals surface area (Å²) in [6.45, 7) is 25.4. The molecule has 10 saturated carbocycles. The normalized spacial score (nSPS) is 47.2. The first-order valence-electron chi connectivity index (χ1n) is 31.4. The molecular formula is C66H115BrO6. The van der Waals surface area contributed by atoms with Crippen molar-refractivity contribution in [3.8, 4) is 0 Å². The molecule has 0 unspecified atom stereocenters. The number of methoxy groups -OCH3 is 2. The van der Waals surface area contributed by atoms with E-state index < -0.39 is 11.2 Å². The SMILES string of the molecule is CC1(C)CCC(CBr)CC1.COC[C@]1(O)CC[C@@]2(C)[C@@H](CC[C@@H]3[C@@H]2CC[C@]2(C)[C@@H]([C@H](C)C=O)CC[C@@H]32)C1.COC[C@]1(O)CC[C@@]2(C)[C@@H](CC[C@@H]3[C@@H]2CC[C@]2(C)[C@@H]([C@H](C)[C@@H](O)CC4CCC(C)(C)CC4)CC[C@@H]32)C1. The molecule has 7 heteroatoms. The summed E-state index contributed by atoms with van der Waals surface area (Å²) < 4.78 is 10.8. The quantitative estimate of drug-likeness (QED) is 0.141. The first-order valence-corrected chi connectivity index (χ1v) is 32.6. The number of halogens is 1. The molecule has 0 aromatic carbocycles. The van der Waals surface area contributed by atoms with Crippen LogP contribution in [0.5, 0.6) is 0 Å². The minimum atomic E-state index is -0.604. The van der Waals surface area contributed by atoms with Crippen LogP contribution in [0, 0.1) is 115 Å². The molecule has 0 spiro atoms. The van der Waals surface area contributed by atoms with E-state index in [4.69, 9.17) is 9.47 Å². The Balaban J connectivity index is 0.000000168. The average Bonchev–Trinajstić information content (AvgIpc) is 3.89. The van der Waals surface area contributed by atoms with Crippen LogP contribution in [-0.2, 0) is 14.3 Å². The number of aliphatic hydroxyl groups is 3. The third-order valence-electron chi connectivity index (χ3n) is 26.4. The highest BCUT2D eigenvalue weighted by Crippen LogP contribution is 2.71. The van der Waals surface area contributed by atoms with Gasteiger partial charge in [0.05, 0.1) is 30.5 Å². The molecule has 0 aliphatic heterocycles. The molecule has 3 N–H and O–H groups in total. The van der Waals surface area contributed by atoms with Crippen molar-refractivity contribution in [2.45, 2.75) is 260 Å². The summed E-state index contributed by atoms with van der Waals surface area (Å²) in [5, 5.41) is 34.8. The van der Waals surface area contributed by atoms with E-state index in [1.54, 1.807) is 14.2 Å². The highest BCUT2D eigenvalue weighted by Gasteiger charge is 2.64. The number of ether oxygens (including phenoxy) is 2. The topological polar surface area (TPSA) is 96.2 Å². The third kappa shape index (κ3) is 11.9. The highest BCUT2D eigenvalue weighted by atomic mass is 79.9. The molecule has 0 saturated heterocycles. The zero-order valence-electron chi connectivity index (χ0n) is 49.4. The Kier molecular flexibility index (Phi) is 18.5. The van der Waals surface area contributed by atoms with Gasteiger partial charge in [0.1, 0.15) is 6.29 Å². The van der Waals surface area contributed by atoms with Gasteiger partial charge >= 0.3 is 0 Å². The van der Waals surface area contributed by atoms with Crippen LogP contribution in [0.2, 0.25) is 0 Å². The molecule has 0 bridgehead atoms. The Morgan fingerprint density at radius 3 is 1.34 bits per heavy atom. The molecule has 0 heterocycles. The van der Waals surface area contributed by atoms with Crippen LogP contribution >= 0.6 is 15.9 Å². The summed E-state index contributed by atoms with van der Waals surface area (Å²) in [5.41, 5.74) is 1.49. The number of aliphatic hydroxyl groups excluding tert-OH is 1. The predicted molar refractivity (Wildman–Crippen MR) is 304 cm³/mol. The fourth-order valence-electron chi connectivity index (χ4n) is 21.5. The molecule has 10 aliphatic rings. The molecule has 10 aliphatic carbocycles. The van der Waals surface area contributed by atoms with Crippen molar-refractivity contribution in [3.63, 3.8) is 0 Å². The van der Waals surface area contributed by atoms with E-state index in [2.05, 4.69) is 85.2 Å². The second-order valence-electron chi connectivity index (χ2n) is 31.5. The van der Waals surface area contributed by atoms with Crippen LogP contribution in [0.25, 0.3) is 0 Å². The minimum absolute atomic E-state index is 0.125. The summed E-state index contributed by atoms with van der Waals surface area (Å²) in [4.78, 5) is 11.5. The van der Waals surface area contributed by atoms with Crippen molar-refractivity contribution in [2.24, 2.45) is 115 Å². The van der Waals surface area contributed by atoms with E-state index >= 15 is 0 Å². The van der Waals surface area contributed by atoms with Gasteiger partial charge in [0.25, 0.3) is 0 Å². The van der Waals surface area contributed by atoms with Crippen LogP contribution in [0.1, 0.15) is 243 Å². The van der Waals surface area contributed by atoms with Gasteiger partial charge in [-0.3, -0.25) is 0 Å². The molecule has 0 radical (unpaired) electrons. The van der Waals surface area contributed by atoms with Crippen molar-refractivity contribution in [1.29, 1.82) is 0 Å². The molecule has 19 atom stereocenters. The molecule has 422 valence electrons. The van der Waals surface area contributed by atoms with Crippen molar-refractivity contribution >= 4 is 22.2 Å². The van der Waals surface area contributed by atoms with Crippen molar-refractivity contribution in [3.05, 3.63) is 0 Å². The van der Waals surface area contributed by atoms with E-state index in [0.29, 0.717) is 75.3 Å². The Morgan fingerprint density at radius 1 is 0.507 bits per heavy atom. The van der Waals surface area contributed by atoms with Crippen molar-refractivity contribution in [2.75, 3.05) is 32.8 Å². The van der Waals surface area contributed by atoms with Gasteiger partial charge in [-0.25, -0.2) is 0 Å². The van der Waals surface area contributed by atoms with Gasteiger partial charge in [0.15, 0.2) is 0 Å². The molecule has 0 amide bonds. The first kappa shape index (κ1) is 59.1. The lowest BCUT2D eigenvalue weighted by Gasteiger charge is -2.62. The second kappa shape index (κ2) is 22.8. The average molecular weight is 1080 g/mol. The standard InChI is InChI=1S/C33H58O3.C24H40O3.C9H17Br/c1-22(29(34)19-23-11-14-30(2,3)15-12-23)26-9-10-27-25-8-7-24-20-33(35,21-36-6)18-17-31(24,4)28(25)13-16-32(26,27)5;1-16(14-25)19-7-8-20-18-6-5-17-13-24(26,15-27-4)12-11-22(17,2)21(18)9-10-23(19,20)3;1-9(2)5-3-8(7-10)4-6-9/h22-29,34-35H,7-21H2,1-6H3;14,16-21,26H,5-13,15H2,1-4H3;8H,3-7H2,1-2H3/t22-,24-,25-,26+,27-,28-,29-,31-,32+,33-;16-,17+,18+,19-,20+,21+,22+,23-,24+;/m01./s1. The van der Waals surface area contributed by atoms with Gasteiger partial charge in [0.2, 0.25) is 0 Å². The molecule has 73 heavy (non-hydrogen) atoms. The maximum absolute atomic E-state index is 11.5. The molecule has 6 nitrogen and oxygen atoms in total. The lowest BCUT2D eigenvalue weighted by Crippen LogP contribution is -2.57. The smallest absolute Gasteiger partial charge is 0.123 e. The fraction of sp³-hybridized carbons (Fsp3) is 0.985. The lowest BCUT2D eigenvalue weighted by atomic mass is 9.43. The van der Waals surface area contributed by atoms with E-state index in [1.165, 1.54) is 146 Å². The predicted octanol–water partition coefficient (Wildman–Crippen LogP) is 16.1. The molecule has 10 rings (SSSR count). The number of hydrogen-bond acceptors (Lipinski definition) is 6. The zero-order valence-corrected chi connectivity index (χ0v) is 51.0. The Bertz CT molecular complexity index is 1800. The largest absolute Gasteiger partial charge is 0.393 e. The Morgan fingerprint density at radius 2 is 0.918 bits per heavy atom. The van der Waals surface area contributed by atoms with Crippen LogP contribution < -0.4 is 0 Å². The van der Waals surface area contributed by atoms with Gasteiger partial charge in [-0.05, 0) is 283 Å². The van der Waals surface area contributed by atoms with Crippen LogP contribution in [0.4, 0.5) is 0 Å². The van der Waals surface area contributed by atoms with Crippen LogP contribution in [0.15, 0.2) is 0 Å². The number of carbonyl (C=O) groups excluding carboxylic acids is 1. The maximum Gasteiger partial charge on any atom is 0.123 e. The van der Waals surface area contributed by atoms with Gasteiger partial charge in [-0.2, -0.15) is 0 Å². The Labute approximate surface area is 457 Å². The lowest BCUT2D eigenvalue weighted by molar-refractivity contribution is -0.164. The molecular weight excluding hydrogens is 969 g/mol. The monoisotopic (exact) mass is 1080 g/mol. The van der Waals surface area contributed by atoms with E-state index in [1.807, 2.05) is 0 Å². The summed E-state index contributed by atoms with van der Waals surface area (Å²) in [7, 11) is 3.44. The number of alkyl halides is 1. The van der Waals surface area contributed by atoms with Gasteiger partial charge < -0.3 is 29.6 Å². The maximum atomic E-state index is 11.5. The zero-order chi connectivity index (χ0) is 53.0. The van der Waals surface area contributed by atoms with Gasteiger partial charge in [-0.15, -0.1) is 0 Å². The molecule has 0 aromatic heterocycles. The highest BCUT2D eigenvalue weighted by molar-refractivity contribution is 9.09. The minimum Gasteiger partial charge on any atom is -0.393 e. The number of fused-ring (bicyclic) bond motifs is 10. The van der Waals surface area contributed by atoms with E-state index in [-0.39, 0.29) is 12.0 Å². The summed E-state index contributed by atoms with van der Waals surface area (Å²) in [6, 6.07) is 0. The van der Waals surface area contributed by atoms with Crippen LogP contribution in [0.3, 0.4) is 0 Å². The van der Waals surface area contributed by atoms with Crippen molar-refractivity contribution in [1.82, 2.24) is 0 Å². The number of aldehydes is 1. The summed E-state index contributed by atoms with van der Waals surface area (Å²) in [5.74, 6) is 9.87. The number of rotatable bonds is 11. The van der Waals surface area contributed by atoms with Crippen molar-refractivity contribution < 1.29 is 29.6 Å². The Hall–Kier alpha value is -0.0500. The second-order valence-corrected chi connectivity index (χ2v) is 32.2. The fourth-order valence-corrected chi connectivity index (χ4v) is 22.1. The molecule has 0 aromatic rings. The van der Waals surface area contributed by atoms with Gasteiger partial charge in [-0.1, -0.05) is 85.2 Å².